The van der Waals surface area contributed by atoms with Gasteiger partial charge in [-0.2, -0.15) is 4.57 Å². The number of amides is 1. The third kappa shape index (κ3) is 8.88. The lowest BCUT2D eigenvalue weighted by molar-refractivity contribution is -0.778. The van der Waals surface area contributed by atoms with Crippen LogP contribution in [0.15, 0.2) is 24.5 Å². The minimum absolute atomic E-state index is 0.299. The van der Waals surface area contributed by atoms with Crippen LogP contribution in [0, 0.1) is 0 Å². The first-order valence-electron chi connectivity index (χ1n) is 14.0. The fourth-order valence-corrected chi connectivity index (χ4v) is 5.13. The van der Waals surface area contributed by atoms with Crippen molar-refractivity contribution < 1.29 is 57.0 Å². The minimum atomic E-state index is -1.29. The summed E-state index contributed by atoms with van der Waals surface area (Å²) >= 11 is 0. The number of likely N-dealkylation sites (tertiary alicyclic amines) is 1. The molecule has 13 nitrogen and oxygen atoms in total. The van der Waals surface area contributed by atoms with Gasteiger partial charge in [0.15, 0.2) is 24.6 Å². The Labute approximate surface area is 245 Å². The summed E-state index contributed by atoms with van der Waals surface area (Å²) in [6.45, 7) is 10.4. The molecule has 1 aromatic heterocycles. The van der Waals surface area contributed by atoms with E-state index in [9.17, 15) is 24.0 Å². The van der Waals surface area contributed by atoms with Gasteiger partial charge in [0.1, 0.15) is 18.3 Å². The molecule has 6 atom stereocenters. The quantitative estimate of drug-likeness (QED) is 0.261. The third-order valence-electron chi connectivity index (χ3n) is 6.62. The van der Waals surface area contributed by atoms with Crippen molar-refractivity contribution in [3.05, 3.63) is 30.1 Å². The van der Waals surface area contributed by atoms with Crippen molar-refractivity contribution in [2.45, 2.75) is 110 Å². The van der Waals surface area contributed by atoms with Gasteiger partial charge < -0.3 is 33.3 Å². The molecule has 1 aromatic rings. The SMILES string of the molecule is CC(=O)OCC1O[C@@H]([n+]2cccc(C3CCCCN3C(=O)OC(C)(C)C)c2)[C@@H](OC(C)=O)[C@@H](OC(C)=O)[C@@H]1OC(C)=O. The van der Waals surface area contributed by atoms with Crippen molar-refractivity contribution in [1.82, 2.24) is 4.90 Å². The normalized spacial score (nSPS) is 26.0. The number of aromatic nitrogens is 1. The average molecular weight is 594 g/mol. The van der Waals surface area contributed by atoms with Gasteiger partial charge in [-0.05, 0) is 46.1 Å². The zero-order valence-corrected chi connectivity index (χ0v) is 25.2. The predicted octanol–water partition coefficient (Wildman–Crippen LogP) is 2.69. The van der Waals surface area contributed by atoms with Gasteiger partial charge in [0.25, 0.3) is 0 Å². The minimum Gasteiger partial charge on any atom is -0.463 e. The molecule has 2 unspecified atom stereocenters. The van der Waals surface area contributed by atoms with Gasteiger partial charge in [0, 0.05) is 45.9 Å². The highest BCUT2D eigenvalue weighted by atomic mass is 16.7. The van der Waals surface area contributed by atoms with Crippen LogP contribution in [-0.4, -0.2) is 78.0 Å². The number of ether oxygens (including phenoxy) is 6. The van der Waals surface area contributed by atoms with Crippen molar-refractivity contribution in [3.63, 3.8) is 0 Å². The Morgan fingerprint density at radius 3 is 2.12 bits per heavy atom. The van der Waals surface area contributed by atoms with E-state index < -0.39 is 66.2 Å². The van der Waals surface area contributed by atoms with E-state index in [1.807, 2.05) is 26.8 Å². The number of carbonyl (C=O) groups is 5. The lowest BCUT2D eigenvalue weighted by atomic mass is 9.95. The Hall–Kier alpha value is -3.74. The molecule has 2 saturated heterocycles. The molecule has 13 heteroatoms. The summed E-state index contributed by atoms with van der Waals surface area (Å²) in [7, 11) is 0. The molecule has 1 amide bonds. The maximum absolute atomic E-state index is 13.1. The number of carbonyl (C=O) groups excluding carboxylic acids is 5. The molecule has 0 aromatic carbocycles. The van der Waals surface area contributed by atoms with Crippen molar-refractivity contribution in [3.8, 4) is 0 Å². The summed E-state index contributed by atoms with van der Waals surface area (Å²) in [6.07, 6.45) is -0.531. The second-order valence-corrected chi connectivity index (χ2v) is 11.4. The van der Waals surface area contributed by atoms with E-state index in [1.165, 1.54) is 27.7 Å². The van der Waals surface area contributed by atoms with Crippen LogP contribution in [0.4, 0.5) is 4.79 Å². The molecule has 0 aliphatic carbocycles. The number of esters is 4. The maximum atomic E-state index is 13.1. The van der Waals surface area contributed by atoms with Crippen LogP contribution in [0.2, 0.25) is 0 Å². The zero-order valence-electron chi connectivity index (χ0n) is 25.2. The van der Waals surface area contributed by atoms with Crippen molar-refractivity contribution >= 4 is 30.0 Å². The zero-order chi connectivity index (χ0) is 31.2. The molecule has 0 saturated carbocycles. The van der Waals surface area contributed by atoms with Gasteiger partial charge in [0.05, 0.1) is 6.04 Å². The summed E-state index contributed by atoms with van der Waals surface area (Å²) in [5.74, 6) is -2.71. The fraction of sp³-hybridized carbons (Fsp3) is 0.655. The molecule has 2 aliphatic heterocycles. The van der Waals surface area contributed by atoms with Crippen LogP contribution in [0.1, 0.15) is 85.6 Å². The molecule has 0 bridgehead atoms. The molecule has 2 fully saturated rings. The summed E-state index contributed by atoms with van der Waals surface area (Å²) < 4.78 is 35.4. The number of hydrogen-bond acceptors (Lipinski definition) is 11. The monoisotopic (exact) mass is 593 g/mol. The molecule has 3 heterocycles. The molecule has 42 heavy (non-hydrogen) atoms. The molecule has 0 N–H and O–H groups in total. The highest BCUT2D eigenvalue weighted by molar-refractivity contribution is 5.69. The van der Waals surface area contributed by atoms with Gasteiger partial charge in [-0.1, -0.05) is 0 Å². The summed E-state index contributed by atoms with van der Waals surface area (Å²) in [4.78, 5) is 62.8. The fourth-order valence-electron chi connectivity index (χ4n) is 5.13. The topological polar surface area (TPSA) is 148 Å². The van der Waals surface area contributed by atoms with Crippen LogP contribution in [0.3, 0.4) is 0 Å². The lowest BCUT2D eigenvalue weighted by Gasteiger charge is -2.42. The summed E-state index contributed by atoms with van der Waals surface area (Å²) in [5.41, 5.74) is 0.111. The van der Waals surface area contributed by atoms with E-state index >= 15 is 0 Å². The second-order valence-electron chi connectivity index (χ2n) is 11.4. The molecule has 232 valence electrons. The molecule has 0 spiro atoms. The smallest absolute Gasteiger partial charge is 0.410 e. The highest BCUT2D eigenvalue weighted by Gasteiger charge is 2.56. The molecule has 2 aliphatic rings. The van der Waals surface area contributed by atoms with E-state index in [4.69, 9.17) is 28.4 Å². The van der Waals surface area contributed by atoms with E-state index in [1.54, 1.807) is 27.9 Å². The number of pyridine rings is 1. The lowest BCUT2D eigenvalue weighted by Crippen LogP contribution is -2.65. The number of hydrogen-bond donors (Lipinski definition) is 0. The van der Waals surface area contributed by atoms with E-state index in [0.717, 1.165) is 18.4 Å². The maximum Gasteiger partial charge on any atom is 0.410 e. The van der Waals surface area contributed by atoms with Crippen molar-refractivity contribution in [2.24, 2.45) is 0 Å². The molecule has 3 rings (SSSR count). The van der Waals surface area contributed by atoms with E-state index in [2.05, 4.69) is 0 Å². The summed E-state index contributed by atoms with van der Waals surface area (Å²) in [5, 5.41) is 0. The first-order valence-corrected chi connectivity index (χ1v) is 14.0. The number of nitrogens with zero attached hydrogens (tertiary/aromatic N) is 2. The van der Waals surface area contributed by atoms with Gasteiger partial charge in [-0.3, -0.25) is 19.2 Å². The first-order chi connectivity index (χ1) is 19.7. The summed E-state index contributed by atoms with van der Waals surface area (Å²) in [6, 6.07) is 3.33. The Kier molecular flexibility index (Phi) is 10.9. The van der Waals surface area contributed by atoms with Crippen molar-refractivity contribution in [1.29, 1.82) is 0 Å². The molecular weight excluding hydrogens is 552 g/mol. The second kappa shape index (κ2) is 14.0. The highest BCUT2D eigenvalue weighted by Crippen LogP contribution is 2.34. The van der Waals surface area contributed by atoms with Crippen LogP contribution in [0.25, 0.3) is 0 Å². The van der Waals surface area contributed by atoms with Gasteiger partial charge in [-0.15, -0.1) is 0 Å². The largest absolute Gasteiger partial charge is 0.463 e. The predicted molar refractivity (Wildman–Crippen MR) is 143 cm³/mol. The van der Waals surface area contributed by atoms with Gasteiger partial charge in [0.2, 0.25) is 6.10 Å². The Morgan fingerprint density at radius 1 is 0.905 bits per heavy atom. The Bertz CT molecular complexity index is 1160. The average Bonchev–Trinajstić information content (AvgIpc) is 2.88. The number of rotatable bonds is 7. The van der Waals surface area contributed by atoms with Crippen LogP contribution in [0.5, 0.6) is 0 Å². The van der Waals surface area contributed by atoms with Gasteiger partial charge in [-0.25, -0.2) is 4.79 Å². The van der Waals surface area contributed by atoms with Crippen LogP contribution < -0.4 is 4.57 Å². The number of piperidine rings is 1. The molecular formula is C29H41N2O11+. The first kappa shape index (κ1) is 32.8. The molecule has 0 radical (unpaired) electrons. The van der Waals surface area contributed by atoms with Crippen LogP contribution in [-0.2, 0) is 47.6 Å². The van der Waals surface area contributed by atoms with E-state index in [0.29, 0.717) is 13.0 Å². The van der Waals surface area contributed by atoms with Gasteiger partial charge >= 0.3 is 36.2 Å². The third-order valence-corrected chi connectivity index (χ3v) is 6.62. The Morgan fingerprint density at radius 2 is 1.52 bits per heavy atom. The standard InChI is InChI=1S/C29H41N2O11/c1-17(32)37-16-23-24(38-18(2)33)25(39-19(3)34)26(40-20(4)35)27(41-23)30-13-10-11-21(15-30)22-12-8-9-14-31(22)28(36)42-29(5,6)7/h10-11,13,15,22-27H,8-9,12,14,16H2,1-7H3/q+1/t22?,23?,24-,25+,26+,27-/m1/s1. The van der Waals surface area contributed by atoms with Crippen LogP contribution >= 0.6 is 0 Å². The van der Waals surface area contributed by atoms with E-state index in [-0.39, 0.29) is 12.6 Å². The Balaban J connectivity index is 2.05. The van der Waals surface area contributed by atoms with Crippen molar-refractivity contribution in [2.75, 3.05) is 13.2 Å².